The van der Waals surface area contributed by atoms with Crippen molar-refractivity contribution in [2.45, 2.75) is 12.5 Å². The molecule has 17 heavy (non-hydrogen) atoms. The quantitative estimate of drug-likeness (QED) is 0.748. The number of phenolic OH excluding ortho intramolecular Hbond substituents is 1. The zero-order valence-electron chi connectivity index (χ0n) is 8.18. The molecule has 0 heterocycles. The van der Waals surface area contributed by atoms with Gasteiger partial charge in [-0.15, -0.1) is 0 Å². The first kappa shape index (κ1) is 14.7. The maximum atomic E-state index is 10.6. The van der Waals surface area contributed by atoms with Gasteiger partial charge in [-0.2, -0.15) is 0 Å². The minimum absolute atomic E-state index is 0.0599. The van der Waals surface area contributed by atoms with E-state index in [0.29, 0.717) is 0 Å². The Balaban J connectivity index is 3.30. The topological polar surface area (TPSA) is 83.5 Å². The van der Waals surface area contributed by atoms with E-state index in [4.69, 9.17) is 57.2 Å². The number of carbonyl (C=O) groups is 1. The lowest BCUT2D eigenvalue weighted by Gasteiger charge is -2.14. The Hall–Kier alpha value is -0.390. The molecule has 0 saturated heterocycles. The van der Waals surface area contributed by atoms with E-state index in [2.05, 4.69) is 0 Å². The number of phenols is 1. The molecule has 0 bridgehead atoms. The molecule has 8 heteroatoms. The number of rotatable bonds is 3. The Morgan fingerprint density at radius 1 is 1.12 bits per heavy atom. The number of nitrogens with two attached hydrogens (primary N) is 1. The molecule has 1 aromatic rings. The highest BCUT2D eigenvalue weighted by Crippen LogP contribution is 2.45. The second kappa shape index (κ2) is 5.50. The number of halogens is 4. The Bertz CT molecular complexity index is 449. The van der Waals surface area contributed by atoms with Gasteiger partial charge in [0.15, 0.2) is 5.75 Å². The van der Waals surface area contributed by atoms with Crippen molar-refractivity contribution in [1.82, 2.24) is 0 Å². The number of carboxylic acid groups (broad SMARTS) is 1. The predicted octanol–water partition coefficient (Wildman–Crippen LogP) is 2.96. The fraction of sp³-hybridized carbons (Fsp3) is 0.222. The first-order valence-electron chi connectivity index (χ1n) is 4.29. The molecule has 0 aliphatic rings. The monoisotopic (exact) mass is 317 g/mol. The SMILES string of the molecule is NC(Cc1c(Cl)c(Cl)c(O)c(Cl)c1Cl)C(=O)O. The molecule has 0 amide bonds. The van der Waals surface area contributed by atoms with Gasteiger partial charge in [0, 0.05) is 6.42 Å². The van der Waals surface area contributed by atoms with Crippen LogP contribution in [0.2, 0.25) is 20.1 Å². The standard InChI is InChI=1S/C9H7Cl4NO3/c10-4-2(1-3(14)9(16)17)5(11)7(13)8(15)6(4)12/h3,15H,1,14H2,(H,16,17). The van der Waals surface area contributed by atoms with E-state index in [0.717, 1.165) is 0 Å². The van der Waals surface area contributed by atoms with Crippen LogP contribution < -0.4 is 5.73 Å². The Morgan fingerprint density at radius 3 is 1.88 bits per heavy atom. The van der Waals surface area contributed by atoms with Gasteiger partial charge in [-0.25, -0.2) is 0 Å². The van der Waals surface area contributed by atoms with Gasteiger partial charge in [-0.1, -0.05) is 46.4 Å². The smallest absolute Gasteiger partial charge is 0.320 e. The largest absolute Gasteiger partial charge is 0.505 e. The van der Waals surface area contributed by atoms with E-state index >= 15 is 0 Å². The van der Waals surface area contributed by atoms with E-state index in [1.54, 1.807) is 0 Å². The molecule has 0 saturated carbocycles. The van der Waals surface area contributed by atoms with E-state index in [1.165, 1.54) is 0 Å². The number of hydrogen-bond acceptors (Lipinski definition) is 3. The van der Waals surface area contributed by atoms with E-state index in [-0.39, 0.29) is 32.1 Å². The van der Waals surface area contributed by atoms with Gasteiger partial charge in [0.2, 0.25) is 0 Å². The summed E-state index contributed by atoms with van der Waals surface area (Å²) in [5, 5.41) is 17.7. The molecule has 0 spiro atoms. The highest BCUT2D eigenvalue weighted by Gasteiger charge is 2.23. The third-order valence-corrected chi connectivity index (χ3v) is 3.84. The lowest BCUT2D eigenvalue weighted by Crippen LogP contribution is -2.32. The van der Waals surface area contributed by atoms with Crippen molar-refractivity contribution in [1.29, 1.82) is 0 Å². The molecule has 1 rings (SSSR count). The predicted molar refractivity (Wildman–Crippen MR) is 67.5 cm³/mol. The van der Waals surface area contributed by atoms with Crippen molar-refractivity contribution in [2.24, 2.45) is 5.73 Å². The van der Waals surface area contributed by atoms with E-state index in [9.17, 15) is 9.90 Å². The Morgan fingerprint density at radius 2 is 1.53 bits per heavy atom. The summed E-state index contributed by atoms with van der Waals surface area (Å²) >= 11 is 23.1. The summed E-state index contributed by atoms with van der Waals surface area (Å²) in [6.45, 7) is 0. The van der Waals surface area contributed by atoms with Gasteiger partial charge >= 0.3 is 5.97 Å². The van der Waals surface area contributed by atoms with Crippen LogP contribution in [0.5, 0.6) is 5.75 Å². The second-order valence-corrected chi connectivity index (χ2v) is 4.74. The summed E-state index contributed by atoms with van der Waals surface area (Å²) in [6, 6.07) is -1.19. The summed E-state index contributed by atoms with van der Waals surface area (Å²) < 4.78 is 0. The average molecular weight is 319 g/mol. The first-order chi connectivity index (χ1) is 7.77. The summed E-state index contributed by atoms with van der Waals surface area (Å²) in [7, 11) is 0. The minimum Gasteiger partial charge on any atom is -0.505 e. The molecule has 4 nitrogen and oxygen atoms in total. The number of hydrogen-bond donors (Lipinski definition) is 3. The fourth-order valence-corrected chi connectivity index (χ4v) is 2.19. The molecule has 0 aliphatic carbocycles. The van der Waals surface area contributed by atoms with Crippen molar-refractivity contribution >= 4 is 52.4 Å². The molecule has 0 radical (unpaired) electrons. The van der Waals surface area contributed by atoms with Crippen LogP contribution in [0.15, 0.2) is 0 Å². The molecule has 4 N–H and O–H groups in total. The van der Waals surface area contributed by atoms with Crippen LogP contribution in [0, 0.1) is 0 Å². The highest BCUT2D eigenvalue weighted by molar-refractivity contribution is 6.49. The van der Waals surface area contributed by atoms with Crippen molar-refractivity contribution < 1.29 is 15.0 Å². The molecular weight excluding hydrogens is 312 g/mol. The van der Waals surface area contributed by atoms with Crippen LogP contribution in [-0.4, -0.2) is 22.2 Å². The number of aromatic hydroxyl groups is 1. The number of benzene rings is 1. The lowest BCUT2D eigenvalue weighted by molar-refractivity contribution is -0.138. The van der Waals surface area contributed by atoms with Crippen molar-refractivity contribution in [3.8, 4) is 5.75 Å². The number of carboxylic acids is 1. The Labute approximate surface area is 117 Å². The van der Waals surface area contributed by atoms with Crippen LogP contribution in [0.3, 0.4) is 0 Å². The third kappa shape index (κ3) is 2.89. The van der Waals surface area contributed by atoms with Gasteiger partial charge in [0.05, 0.1) is 10.0 Å². The molecule has 94 valence electrons. The van der Waals surface area contributed by atoms with Crippen LogP contribution in [0.4, 0.5) is 0 Å². The van der Waals surface area contributed by atoms with E-state index in [1.807, 2.05) is 0 Å². The lowest BCUT2D eigenvalue weighted by atomic mass is 10.1. The maximum absolute atomic E-state index is 10.6. The molecule has 0 fully saturated rings. The third-order valence-electron chi connectivity index (χ3n) is 2.07. The van der Waals surface area contributed by atoms with Crippen LogP contribution in [-0.2, 0) is 11.2 Å². The Kier molecular flexibility index (Phi) is 4.75. The average Bonchev–Trinajstić information content (AvgIpc) is 2.29. The van der Waals surface area contributed by atoms with Gasteiger partial charge < -0.3 is 15.9 Å². The zero-order valence-corrected chi connectivity index (χ0v) is 11.2. The second-order valence-electron chi connectivity index (χ2n) is 3.23. The van der Waals surface area contributed by atoms with Crippen molar-refractivity contribution in [3.63, 3.8) is 0 Å². The maximum Gasteiger partial charge on any atom is 0.320 e. The summed E-state index contributed by atoms with van der Waals surface area (Å²) in [6.07, 6.45) is -0.146. The van der Waals surface area contributed by atoms with Crippen LogP contribution in [0.25, 0.3) is 0 Å². The van der Waals surface area contributed by atoms with Crippen LogP contribution in [0.1, 0.15) is 5.56 Å². The molecule has 1 unspecified atom stereocenters. The molecule has 0 aromatic heterocycles. The number of aliphatic carboxylic acids is 1. The highest BCUT2D eigenvalue weighted by atomic mass is 35.5. The normalized spacial score (nSPS) is 12.5. The van der Waals surface area contributed by atoms with Crippen molar-refractivity contribution in [2.75, 3.05) is 0 Å². The van der Waals surface area contributed by atoms with Gasteiger partial charge in [-0.3, -0.25) is 4.79 Å². The van der Waals surface area contributed by atoms with Gasteiger partial charge in [0.25, 0.3) is 0 Å². The van der Waals surface area contributed by atoms with Gasteiger partial charge in [0.1, 0.15) is 16.1 Å². The molecular formula is C9H7Cl4NO3. The summed E-state index contributed by atoms with van der Waals surface area (Å²) in [4.78, 5) is 10.6. The van der Waals surface area contributed by atoms with E-state index < -0.39 is 17.8 Å². The molecule has 1 atom stereocenters. The fourth-order valence-electron chi connectivity index (χ4n) is 1.15. The zero-order chi connectivity index (χ0) is 13.3. The minimum atomic E-state index is -1.21. The van der Waals surface area contributed by atoms with Gasteiger partial charge in [-0.05, 0) is 5.56 Å². The van der Waals surface area contributed by atoms with Crippen molar-refractivity contribution in [3.05, 3.63) is 25.7 Å². The molecule has 0 aliphatic heterocycles. The summed E-state index contributed by atoms with van der Waals surface area (Å²) in [5.41, 5.74) is 5.55. The van der Waals surface area contributed by atoms with Crippen LogP contribution >= 0.6 is 46.4 Å². The summed E-state index contributed by atoms with van der Waals surface area (Å²) in [5.74, 6) is -1.66. The molecule has 1 aromatic carbocycles. The first-order valence-corrected chi connectivity index (χ1v) is 5.80.